The first kappa shape index (κ1) is 30.9. The lowest BCUT2D eigenvalue weighted by molar-refractivity contribution is -0.128. The topological polar surface area (TPSA) is 155 Å². The number of benzene rings is 1. The van der Waals surface area contributed by atoms with Crippen molar-refractivity contribution in [3.63, 3.8) is 0 Å². The van der Waals surface area contributed by atoms with Crippen molar-refractivity contribution < 1.29 is 14.3 Å². The Labute approximate surface area is 267 Å². The van der Waals surface area contributed by atoms with Gasteiger partial charge in [-0.2, -0.15) is 10.4 Å². The Morgan fingerprint density at radius 2 is 1.91 bits per heavy atom. The minimum Gasteiger partial charge on any atom is -0.383 e. The first-order chi connectivity index (χ1) is 22.2. The second-order valence-electron chi connectivity index (χ2n) is 12.3. The zero-order valence-corrected chi connectivity index (χ0v) is 26.2. The molecule has 5 heterocycles. The van der Waals surface area contributed by atoms with E-state index in [1.165, 1.54) is 0 Å². The monoisotopic (exact) mass is 619 g/mol. The number of hydrogen-bond acceptors (Lipinski definition) is 9. The highest BCUT2D eigenvalue weighted by Gasteiger charge is 2.35. The molecule has 2 fully saturated rings. The Kier molecular flexibility index (Phi) is 8.53. The average Bonchev–Trinajstić information content (AvgIpc) is 3.44. The number of nitrogen functional groups attached to an aromatic ring is 1. The van der Waals surface area contributed by atoms with Crippen LogP contribution in [-0.2, 0) is 9.53 Å². The predicted octanol–water partition coefficient (Wildman–Crippen LogP) is 4.05. The summed E-state index contributed by atoms with van der Waals surface area (Å²) in [6.07, 6.45) is 6.60. The van der Waals surface area contributed by atoms with E-state index in [2.05, 4.69) is 26.3 Å². The van der Waals surface area contributed by atoms with E-state index < -0.39 is 5.54 Å². The molecule has 46 heavy (non-hydrogen) atoms. The van der Waals surface area contributed by atoms with Gasteiger partial charge in [0, 0.05) is 42.1 Å². The maximum atomic E-state index is 13.7. The Morgan fingerprint density at radius 1 is 1.13 bits per heavy atom. The van der Waals surface area contributed by atoms with Gasteiger partial charge in [-0.25, -0.2) is 9.97 Å². The van der Waals surface area contributed by atoms with Gasteiger partial charge in [-0.3, -0.25) is 19.2 Å². The normalized spacial score (nSPS) is 17.5. The number of likely N-dealkylation sites (N-methyl/N-ethyl adjacent to an activating group) is 1. The quantitative estimate of drug-likeness (QED) is 0.219. The van der Waals surface area contributed by atoms with Crippen LogP contribution in [0.1, 0.15) is 43.1 Å². The number of rotatable bonds is 8. The van der Waals surface area contributed by atoms with E-state index in [1.54, 1.807) is 53.7 Å². The second kappa shape index (κ2) is 12.7. The minimum absolute atomic E-state index is 0.129. The summed E-state index contributed by atoms with van der Waals surface area (Å²) in [6.45, 7) is 6.24. The van der Waals surface area contributed by atoms with Gasteiger partial charge in [0.05, 0.1) is 36.2 Å². The largest absolute Gasteiger partial charge is 0.383 e. The van der Waals surface area contributed by atoms with Crippen LogP contribution in [0.5, 0.6) is 0 Å². The maximum absolute atomic E-state index is 13.7. The van der Waals surface area contributed by atoms with Crippen molar-refractivity contribution in [1.82, 2.24) is 29.5 Å². The molecule has 0 spiro atoms. The lowest BCUT2D eigenvalue weighted by Gasteiger charge is -2.43. The van der Waals surface area contributed by atoms with Gasteiger partial charge in [-0.15, -0.1) is 0 Å². The molecular weight excluding hydrogens is 582 g/mol. The smallest absolute Gasteiger partial charge is 0.264 e. The number of nitrogens with two attached hydrogens (primary N) is 1. The van der Waals surface area contributed by atoms with Crippen molar-refractivity contribution in [2.75, 3.05) is 44.4 Å². The minimum atomic E-state index is -0.503. The van der Waals surface area contributed by atoms with Crippen LogP contribution in [0.25, 0.3) is 22.2 Å². The van der Waals surface area contributed by atoms with Crippen LogP contribution < -0.4 is 11.1 Å². The fourth-order valence-corrected chi connectivity index (χ4v) is 6.02. The third-order valence-electron chi connectivity index (χ3n) is 8.93. The number of aromatic nitrogens is 4. The van der Waals surface area contributed by atoms with E-state index in [0.717, 1.165) is 23.9 Å². The molecule has 12 nitrogen and oxygen atoms in total. The first-order valence-electron chi connectivity index (χ1n) is 15.3. The van der Waals surface area contributed by atoms with Gasteiger partial charge in [-0.05, 0) is 70.1 Å². The number of fused-ring (bicyclic) bond motifs is 1. The van der Waals surface area contributed by atoms with Crippen LogP contribution in [0.4, 0.5) is 11.6 Å². The van der Waals surface area contributed by atoms with Gasteiger partial charge in [0.1, 0.15) is 29.0 Å². The molecule has 2 saturated heterocycles. The first-order valence-corrected chi connectivity index (χ1v) is 15.3. The molecule has 0 bridgehead atoms. The second-order valence-corrected chi connectivity index (χ2v) is 12.3. The van der Waals surface area contributed by atoms with Crippen LogP contribution in [0.2, 0.25) is 0 Å². The molecule has 0 unspecified atom stereocenters. The average molecular weight is 620 g/mol. The van der Waals surface area contributed by atoms with E-state index in [4.69, 9.17) is 15.6 Å². The van der Waals surface area contributed by atoms with Crippen molar-refractivity contribution in [3.8, 4) is 17.3 Å². The summed E-state index contributed by atoms with van der Waals surface area (Å²) in [5, 5.41) is 18.5. The number of ether oxygens (including phenoxy) is 1. The van der Waals surface area contributed by atoms with Gasteiger partial charge in [-0.1, -0.05) is 18.2 Å². The molecule has 3 aromatic heterocycles. The summed E-state index contributed by atoms with van der Waals surface area (Å²) in [4.78, 5) is 38.9. The molecule has 2 amide bonds. The molecule has 2 aliphatic rings. The summed E-state index contributed by atoms with van der Waals surface area (Å²) >= 11 is 0. The highest BCUT2D eigenvalue weighted by atomic mass is 16.5. The summed E-state index contributed by atoms with van der Waals surface area (Å²) in [5.41, 5.74) is 8.72. The SMILES string of the molecule is CN(C1COC1)C(C)(C)/C=C(\C#N)C(=O)N1CCC[C@@H](n2nc(-c3ccc(C(=O)Nc4ccccn4)cc3)c3c(N)nccc32)C1. The van der Waals surface area contributed by atoms with Crippen molar-refractivity contribution in [2.24, 2.45) is 0 Å². The van der Waals surface area contributed by atoms with Crippen LogP contribution in [-0.4, -0.2) is 86.3 Å². The van der Waals surface area contributed by atoms with Crippen LogP contribution in [0.3, 0.4) is 0 Å². The van der Waals surface area contributed by atoms with Crippen molar-refractivity contribution in [2.45, 2.75) is 44.3 Å². The molecule has 12 heteroatoms. The van der Waals surface area contributed by atoms with Gasteiger partial charge >= 0.3 is 0 Å². The third kappa shape index (κ3) is 6.07. The Balaban J connectivity index is 1.25. The van der Waals surface area contributed by atoms with Gasteiger partial charge < -0.3 is 20.7 Å². The number of nitrogens with zero attached hydrogens (tertiary/aromatic N) is 7. The van der Waals surface area contributed by atoms with Crippen LogP contribution in [0.15, 0.2) is 72.6 Å². The molecule has 0 aliphatic carbocycles. The number of hydrogen-bond donors (Lipinski definition) is 2. The van der Waals surface area contributed by atoms with E-state index >= 15 is 0 Å². The number of nitrogens with one attached hydrogen (secondary N) is 1. The number of carbonyl (C=O) groups is 2. The molecule has 6 rings (SSSR count). The summed E-state index contributed by atoms with van der Waals surface area (Å²) in [7, 11) is 1.99. The summed E-state index contributed by atoms with van der Waals surface area (Å²) in [6, 6.07) is 16.6. The van der Waals surface area contributed by atoms with Crippen molar-refractivity contribution >= 4 is 34.4 Å². The van der Waals surface area contributed by atoms with E-state index in [9.17, 15) is 14.9 Å². The number of nitriles is 1. The standard InChI is InChI=1S/C34H37N9O3/c1-34(2,41(3)26-20-46-21-26)17-24(18-35)33(45)42-16-6-7-25(19-42)43-27-13-15-38-31(36)29(27)30(40-43)22-9-11-23(12-10-22)32(44)39-28-8-4-5-14-37-28/h4-5,8-15,17,25-26H,6-7,16,19-21H2,1-3H3,(H2,36,38)(H,37,39,44)/b24-17+/t25-/m1/s1. The number of anilines is 2. The van der Waals surface area contributed by atoms with Gasteiger partial charge in [0.15, 0.2) is 0 Å². The molecule has 0 saturated carbocycles. The highest BCUT2D eigenvalue weighted by Crippen LogP contribution is 2.35. The Morgan fingerprint density at radius 3 is 2.59 bits per heavy atom. The van der Waals surface area contributed by atoms with Gasteiger partial charge in [0.2, 0.25) is 0 Å². The number of amides is 2. The lowest BCUT2D eigenvalue weighted by Crippen LogP contribution is -2.55. The van der Waals surface area contributed by atoms with E-state index in [0.29, 0.717) is 54.6 Å². The molecule has 2 aliphatic heterocycles. The van der Waals surface area contributed by atoms with Crippen LogP contribution >= 0.6 is 0 Å². The zero-order chi connectivity index (χ0) is 32.4. The zero-order valence-electron chi connectivity index (χ0n) is 26.2. The fourth-order valence-electron chi connectivity index (χ4n) is 6.02. The third-order valence-corrected chi connectivity index (χ3v) is 8.93. The summed E-state index contributed by atoms with van der Waals surface area (Å²) < 4.78 is 7.27. The van der Waals surface area contributed by atoms with E-state index in [1.807, 2.05) is 43.8 Å². The predicted molar refractivity (Wildman–Crippen MR) is 175 cm³/mol. The molecule has 3 N–H and O–H groups in total. The molecule has 1 atom stereocenters. The Bertz CT molecular complexity index is 1820. The highest BCUT2D eigenvalue weighted by molar-refractivity contribution is 6.05. The Hall–Kier alpha value is -5.12. The number of carbonyl (C=O) groups excluding carboxylic acids is 2. The maximum Gasteiger partial charge on any atom is 0.264 e. The summed E-state index contributed by atoms with van der Waals surface area (Å²) in [5.74, 6) is 0.261. The van der Waals surface area contributed by atoms with E-state index in [-0.39, 0.29) is 29.5 Å². The number of pyridine rings is 2. The van der Waals surface area contributed by atoms with Crippen molar-refractivity contribution in [1.29, 1.82) is 5.26 Å². The molecule has 236 valence electrons. The fraction of sp³-hybridized carbons (Fsp3) is 0.353. The molecule has 0 radical (unpaired) electrons. The van der Waals surface area contributed by atoms with Crippen molar-refractivity contribution in [3.05, 3.63) is 78.1 Å². The van der Waals surface area contributed by atoms with Crippen LogP contribution in [0, 0.1) is 11.3 Å². The van der Waals surface area contributed by atoms with Gasteiger partial charge in [0.25, 0.3) is 11.8 Å². The molecule has 1 aromatic carbocycles. The lowest BCUT2D eigenvalue weighted by atomic mass is 9.96. The molecule has 4 aromatic rings. The number of piperidine rings is 1. The molecular formula is C34H37N9O3. The number of likely N-dealkylation sites (tertiary alicyclic amines) is 1.